The van der Waals surface area contributed by atoms with Gasteiger partial charge in [-0.3, -0.25) is 0 Å². The molecule has 0 amide bonds. The first-order valence-corrected chi connectivity index (χ1v) is 8.11. The zero-order chi connectivity index (χ0) is 13.2. The summed E-state index contributed by atoms with van der Waals surface area (Å²) in [5, 5.41) is 3.41. The summed E-state index contributed by atoms with van der Waals surface area (Å²) < 4.78 is 28.0. The van der Waals surface area contributed by atoms with E-state index in [9.17, 15) is 8.42 Å². The first-order chi connectivity index (χ1) is 8.48. The van der Waals surface area contributed by atoms with E-state index >= 15 is 0 Å². The predicted octanol–water partition coefficient (Wildman–Crippen LogP) is 1.49. The van der Waals surface area contributed by atoms with Crippen LogP contribution in [0, 0.1) is 0 Å². The van der Waals surface area contributed by atoms with Crippen molar-refractivity contribution in [3.05, 3.63) is 29.3 Å². The molecule has 5 heteroatoms. The Bertz CT molecular complexity index is 521. The number of nitrogens with one attached hydrogen (secondary N) is 1. The van der Waals surface area contributed by atoms with Gasteiger partial charge in [0.05, 0.1) is 12.9 Å². The van der Waals surface area contributed by atoms with E-state index in [0.29, 0.717) is 11.8 Å². The summed E-state index contributed by atoms with van der Waals surface area (Å²) in [4.78, 5) is 0. The minimum Gasteiger partial charge on any atom is -0.496 e. The van der Waals surface area contributed by atoms with Gasteiger partial charge in [0.1, 0.15) is 5.75 Å². The molecule has 0 saturated heterocycles. The van der Waals surface area contributed by atoms with E-state index in [1.165, 1.54) is 19.1 Å². The molecule has 1 aliphatic carbocycles. The minimum atomic E-state index is -3.05. The van der Waals surface area contributed by atoms with Crippen molar-refractivity contribution in [1.82, 2.24) is 5.32 Å². The Labute approximate surface area is 108 Å². The second-order valence-corrected chi connectivity index (χ2v) is 7.01. The van der Waals surface area contributed by atoms with Crippen LogP contribution in [0.25, 0.3) is 0 Å². The number of rotatable bonds is 6. The fourth-order valence-corrected chi connectivity index (χ4v) is 2.68. The van der Waals surface area contributed by atoms with Gasteiger partial charge in [0.2, 0.25) is 0 Å². The second kappa shape index (κ2) is 5.28. The van der Waals surface area contributed by atoms with Crippen LogP contribution < -0.4 is 10.1 Å². The first-order valence-electron chi connectivity index (χ1n) is 6.05. The van der Waals surface area contributed by atoms with Gasteiger partial charge in [-0.25, -0.2) is 8.42 Å². The molecule has 1 aromatic rings. The third-order valence-electron chi connectivity index (χ3n) is 2.93. The molecular weight excluding hydrogens is 250 g/mol. The van der Waals surface area contributed by atoms with Gasteiger partial charge in [0.25, 0.3) is 0 Å². The molecule has 0 spiro atoms. The van der Waals surface area contributed by atoms with Gasteiger partial charge in [-0.05, 0) is 30.5 Å². The van der Waals surface area contributed by atoms with Crippen LogP contribution in [0.1, 0.15) is 24.0 Å². The van der Waals surface area contributed by atoms with E-state index in [-0.39, 0.29) is 5.75 Å². The van der Waals surface area contributed by atoms with Crippen molar-refractivity contribution in [2.75, 3.05) is 13.4 Å². The topological polar surface area (TPSA) is 55.4 Å². The van der Waals surface area contributed by atoms with Gasteiger partial charge in [-0.15, -0.1) is 0 Å². The van der Waals surface area contributed by atoms with Gasteiger partial charge in [-0.2, -0.15) is 0 Å². The molecule has 1 N–H and O–H groups in total. The lowest BCUT2D eigenvalue weighted by molar-refractivity contribution is 0.410. The number of hydrogen-bond donors (Lipinski definition) is 1. The Kier molecular flexibility index (Phi) is 3.92. The lowest BCUT2D eigenvalue weighted by atomic mass is 10.1. The Morgan fingerprint density at radius 1 is 1.39 bits per heavy atom. The highest BCUT2D eigenvalue weighted by Gasteiger charge is 2.20. The normalized spacial score (nSPS) is 15.7. The van der Waals surface area contributed by atoms with E-state index in [4.69, 9.17) is 4.74 Å². The minimum absolute atomic E-state index is 0.0213. The lowest BCUT2D eigenvalue weighted by Crippen LogP contribution is -2.15. The van der Waals surface area contributed by atoms with E-state index in [0.717, 1.165) is 17.7 Å². The maximum Gasteiger partial charge on any atom is 0.151 e. The summed E-state index contributed by atoms with van der Waals surface area (Å²) in [5.74, 6) is 0.656. The molecule has 1 aliphatic rings. The van der Waals surface area contributed by atoms with Gasteiger partial charge < -0.3 is 10.1 Å². The van der Waals surface area contributed by atoms with Crippen molar-refractivity contribution < 1.29 is 13.2 Å². The Balaban J connectivity index is 2.14. The monoisotopic (exact) mass is 269 g/mol. The summed E-state index contributed by atoms with van der Waals surface area (Å²) >= 11 is 0. The smallest absolute Gasteiger partial charge is 0.151 e. The van der Waals surface area contributed by atoms with Crippen LogP contribution in [0.3, 0.4) is 0 Å². The molecule has 0 unspecified atom stereocenters. The van der Waals surface area contributed by atoms with E-state index in [1.54, 1.807) is 7.11 Å². The quantitative estimate of drug-likeness (QED) is 0.850. The zero-order valence-corrected chi connectivity index (χ0v) is 11.6. The molecule has 1 aromatic carbocycles. The first kappa shape index (κ1) is 13.4. The SMILES string of the molecule is COc1ccc(CNC2CC2)cc1CS(C)(=O)=O. The van der Waals surface area contributed by atoms with Crippen LogP contribution >= 0.6 is 0 Å². The van der Waals surface area contributed by atoms with Crippen LogP contribution in [-0.4, -0.2) is 27.8 Å². The number of ether oxygens (including phenoxy) is 1. The van der Waals surface area contributed by atoms with Crippen molar-refractivity contribution in [1.29, 1.82) is 0 Å². The highest BCUT2D eigenvalue weighted by Crippen LogP contribution is 2.23. The van der Waals surface area contributed by atoms with E-state index in [2.05, 4.69) is 5.32 Å². The molecule has 0 radical (unpaired) electrons. The number of methoxy groups -OCH3 is 1. The number of hydrogen-bond acceptors (Lipinski definition) is 4. The van der Waals surface area contributed by atoms with Crippen LogP contribution in [0.5, 0.6) is 5.75 Å². The van der Waals surface area contributed by atoms with Crippen molar-refractivity contribution in [2.45, 2.75) is 31.2 Å². The van der Waals surface area contributed by atoms with E-state index < -0.39 is 9.84 Å². The average molecular weight is 269 g/mol. The van der Waals surface area contributed by atoms with Gasteiger partial charge in [0, 0.05) is 24.4 Å². The number of benzene rings is 1. The molecule has 2 rings (SSSR count). The fraction of sp³-hybridized carbons (Fsp3) is 0.538. The summed E-state index contributed by atoms with van der Waals surface area (Å²) in [7, 11) is -1.49. The molecule has 0 atom stereocenters. The van der Waals surface area contributed by atoms with Gasteiger partial charge in [0.15, 0.2) is 9.84 Å². The maximum absolute atomic E-state index is 11.4. The van der Waals surface area contributed by atoms with Crippen molar-refractivity contribution in [3.8, 4) is 5.75 Å². The van der Waals surface area contributed by atoms with Gasteiger partial charge >= 0.3 is 0 Å². The molecule has 0 heterocycles. The third kappa shape index (κ3) is 3.99. The lowest BCUT2D eigenvalue weighted by Gasteiger charge is -2.10. The molecule has 4 nitrogen and oxygen atoms in total. The summed E-state index contributed by atoms with van der Waals surface area (Å²) in [6, 6.07) is 6.37. The second-order valence-electron chi connectivity index (χ2n) is 4.87. The molecule has 18 heavy (non-hydrogen) atoms. The molecule has 0 aliphatic heterocycles. The highest BCUT2D eigenvalue weighted by molar-refractivity contribution is 7.89. The molecule has 0 bridgehead atoms. The average Bonchev–Trinajstić information content (AvgIpc) is 3.08. The van der Waals surface area contributed by atoms with Crippen molar-refractivity contribution in [2.24, 2.45) is 0 Å². The highest BCUT2D eigenvalue weighted by atomic mass is 32.2. The Hall–Kier alpha value is -1.07. The van der Waals surface area contributed by atoms with Crippen LogP contribution in [0.4, 0.5) is 0 Å². The standard InChI is InChI=1S/C13H19NO3S/c1-17-13-6-3-10(8-14-12-4-5-12)7-11(13)9-18(2,15)16/h3,6-7,12,14H,4-5,8-9H2,1-2H3. The Morgan fingerprint density at radius 2 is 2.11 bits per heavy atom. The molecule has 100 valence electrons. The predicted molar refractivity (Wildman–Crippen MR) is 71.4 cm³/mol. The maximum atomic E-state index is 11.4. The van der Waals surface area contributed by atoms with E-state index in [1.807, 2.05) is 18.2 Å². The van der Waals surface area contributed by atoms with Crippen molar-refractivity contribution in [3.63, 3.8) is 0 Å². The molecule has 0 aromatic heterocycles. The van der Waals surface area contributed by atoms with Crippen LogP contribution in [-0.2, 0) is 22.1 Å². The van der Waals surface area contributed by atoms with Gasteiger partial charge in [-0.1, -0.05) is 6.07 Å². The van der Waals surface area contributed by atoms with Crippen LogP contribution in [0.2, 0.25) is 0 Å². The molecular formula is C13H19NO3S. The zero-order valence-electron chi connectivity index (χ0n) is 10.8. The summed E-state index contributed by atoms with van der Waals surface area (Å²) in [6.07, 6.45) is 3.72. The Morgan fingerprint density at radius 3 is 2.67 bits per heavy atom. The van der Waals surface area contributed by atoms with Crippen LogP contribution in [0.15, 0.2) is 18.2 Å². The third-order valence-corrected chi connectivity index (χ3v) is 3.77. The largest absolute Gasteiger partial charge is 0.496 e. The molecule has 1 saturated carbocycles. The summed E-state index contributed by atoms with van der Waals surface area (Å²) in [5.41, 5.74) is 1.83. The summed E-state index contributed by atoms with van der Waals surface area (Å²) in [6.45, 7) is 0.783. The fourth-order valence-electron chi connectivity index (χ4n) is 1.89. The molecule has 1 fully saturated rings. The number of sulfone groups is 1. The van der Waals surface area contributed by atoms with Crippen molar-refractivity contribution >= 4 is 9.84 Å².